The van der Waals surface area contributed by atoms with Gasteiger partial charge in [0.25, 0.3) is 0 Å². The van der Waals surface area contributed by atoms with Gasteiger partial charge in [-0.3, -0.25) is 4.79 Å². The fraction of sp³-hybridized carbons (Fsp3) is 0.533. The van der Waals surface area contributed by atoms with Crippen LogP contribution in [0.5, 0.6) is 5.75 Å². The van der Waals surface area contributed by atoms with E-state index < -0.39 is 0 Å². The third kappa shape index (κ3) is 6.25. The lowest BCUT2D eigenvalue weighted by molar-refractivity contribution is -0.120. The Morgan fingerprint density at radius 2 is 2.00 bits per heavy atom. The van der Waals surface area contributed by atoms with Gasteiger partial charge in [0.1, 0.15) is 5.75 Å². The second-order valence-corrected chi connectivity index (χ2v) is 4.76. The minimum Gasteiger partial charge on any atom is -0.491 e. The van der Waals surface area contributed by atoms with Gasteiger partial charge < -0.3 is 15.4 Å². The third-order valence-electron chi connectivity index (χ3n) is 2.61. The molecule has 0 radical (unpaired) electrons. The van der Waals surface area contributed by atoms with Crippen LogP contribution < -0.4 is 15.4 Å². The van der Waals surface area contributed by atoms with Crippen molar-refractivity contribution in [3.05, 3.63) is 29.8 Å². The van der Waals surface area contributed by atoms with Crippen molar-refractivity contribution in [2.45, 2.75) is 32.8 Å². The van der Waals surface area contributed by atoms with Crippen LogP contribution in [0.3, 0.4) is 0 Å². The van der Waals surface area contributed by atoms with Crippen molar-refractivity contribution in [2.24, 2.45) is 0 Å². The van der Waals surface area contributed by atoms with Crippen molar-refractivity contribution in [3.8, 4) is 5.75 Å². The maximum atomic E-state index is 11.8. The molecule has 0 aromatic heterocycles. The molecule has 0 aliphatic carbocycles. The molecule has 0 spiro atoms. The molecule has 0 saturated heterocycles. The van der Waals surface area contributed by atoms with Gasteiger partial charge in [0, 0.05) is 12.1 Å². The Morgan fingerprint density at radius 3 is 2.68 bits per heavy atom. The van der Waals surface area contributed by atoms with Gasteiger partial charge in [0.15, 0.2) is 0 Å². The summed E-state index contributed by atoms with van der Waals surface area (Å²) in [6.45, 7) is 5.57. The molecule has 1 amide bonds. The smallest absolute Gasteiger partial charge is 0.224 e. The van der Waals surface area contributed by atoms with Crippen molar-refractivity contribution >= 4 is 5.91 Å². The molecule has 1 aromatic carbocycles. The first kappa shape index (κ1) is 15.5. The van der Waals surface area contributed by atoms with Gasteiger partial charge >= 0.3 is 0 Å². The molecule has 0 saturated carbocycles. The summed E-state index contributed by atoms with van der Waals surface area (Å²) in [5, 5.41) is 5.96. The van der Waals surface area contributed by atoms with Gasteiger partial charge in [-0.15, -0.1) is 0 Å². The Balaban J connectivity index is 2.49. The number of rotatable bonds is 8. The van der Waals surface area contributed by atoms with Gasteiger partial charge in [0.2, 0.25) is 5.91 Å². The fourth-order valence-electron chi connectivity index (χ4n) is 1.75. The standard InChI is InChI=1S/C15H24N2O2/c1-12(2)19-14-8-5-4-7-13(14)11-15(18)17-10-6-9-16-3/h4-5,7-8,12,16H,6,9-11H2,1-3H3,(H,17,18). The molecule has 19 heavy (non-hydrogen) atoms. The molecular weight excluding hydrogens is 240 g/mol. The van der Waals surface area contributed by atoms with Gasteiger partial charge in [-0.1, -0.05) is 18.2 Å². The van der Waals surface area contributed by atoms with E-state index in [4.69, 9.17) is 4.74 Å². The number of carbonyl (C=O) groups is 1. The molecule has 0 heterocycles. The van der Waals surface area contributed by atoms with Gasteiger partial charge in [-0.25, -0.2) is 0 Å². The van der Waals surface area contributed by atoms with E-state index in [2.05, 4.69) is 10.6 Å². The first-order valence-electron chi connectivity index (χ1n) is 6.79. The molecule has 4 heteroatoms. The zero-order chi connectivity index (χ0) is 14.1. The lowest BCUT2D eigenvalue weighted by atomic mass is 10.1. The largest absolute Gasteiger partial charge is 0.491 e. The quantitative estimate of drug-likeness (QED) is 0.703. The highest BCUT2D eigenvalue weighted by Crippen LogP contribution is 2.19. The minimum atomic E-state index is 0.0379. The highest BCUT2D eigenvalue weighted by molar-refractivity contribution is 5.79. The normalized spacial score (nSPS) is 10.5. The Labute approximate surface area is 115 Å². The number of nitrogens with one attached hydrogen (secondary N) is 2. The Hall–Kier alpha value is -1.55. The molecule has 0 atom stereocenters. The number of hydrogen-bond acceptors (Lipinski definition) is 3. The molecular formula is C15H24N2O2. The van der Waals surface area contributed by atoms with Crippen LogP contribution >= 0.6 is 0 Å². The second-order valence-electron chi connectivity index (χ2n) is 4.76. The van der Waals surface area contributed by atoms with Gasteiger partial charge in [0.05, 0.1) is 12.5 Å². The van der Waals surface area contributed by atoms with E-state index in [9.17, 15) is 4.79 Å². The zero-order valence-electron chi connectivity index (χ0n) is 12.0. The molecule has 2 N–H and O–H groups in total. The van der Waals surface area contributed by atoms with Crippen molar-refractivity contribution in [1.29, 1.82) is 0 Å². The van der Waals surface area contributed by atoms with E-state index >= 15 is 0 Å². The topological polar surface area (TPSA) is 50.4 Å². The number of amides is 1. The van der Waals surface area contributed by atoms with Crippen LogP contribution in [0.1, 0.15) is 25.8 Å². The van der Waals surface area contributed by atoms with Gasteiger partial charge in [-0.05, 0) is 39.9 Å². The summed E-state index contributed by atoms with van der Waals surface area (Å²) in [6.07, 6.45) is 1.41. The zero-order valence-corrected chi connectivity index (χ0v) is 12.0. The van der Waals surface area contributed by atoms with Crippen molar-refractivity contribution in [3.63, 3.8) is 0 Å². The Bertz CT molecular complexity index is 391. The number of benzene rings is 1. The predicted octanol–water partition coefficient (Wildman–Crippen LogP) is 1.74. The molecule has 4 nitrogen and oxygen atoms in total. The summed E-state index contributed by atoms with van der Waals surface area (Å²) in [6, 6.07) is 7.69. The summed E-state index contributed by atoms with van der Waals surface area (Å²) in [4.78, 5) is 11.8. The van der Waals surface area contributed by atoms with Crippen LogP contribution in [0.15, 0.2) is 24.3 Å². The SMILES string of the molecule is CNCCCNC(=O)Cc1ccccc1OC(C)C. The molecule has 1 aromatic rings. The molecule has 0 bridgehead atoms. The highest BCUT2D eigenvalue weighted by atomic mass is 16.5. The van der Waals surface area contributed by atoms with E-state index in [1.54, 1.807) is 0 Å². The lowest BCUT2D eigenvalue weighted by Crippen LogP contribution is -2.28. The minimum absolute atomic E-state index is 0.0379. The second kappa shape index (κ2) is 8.53. The monoisotopic (exact) mass is 264 g/mol. The number of hydrogen-bond donors (Lipinski definition) is 2. The molecule has 0 aliphatic rings. The van der Waals surface area contributed by atoms with E-state index in [-0.39, 0.29) is 12.0 Å². The van der Waals surface area contributed by atoms with Crippen LogP contribution in [0, 0.1) is 0 Å². The predicted molar refractivity (Wildman–Crippen MR) is 77.5 cm³/mol. The first-order chi connectivity index (χ1) is 9.13. The molecule has 1 rings (SSSR count). The number of ether oxygens (including phenoxy) is 1. The van der Waals surface area contributed by atoms with Crippen LogP contribution in [0.4, 0.5) is 0 Å². The maximum absolute atomic E-state index is 11.8. The van der Waals surface area contributed by atoms with E-state index in [0.29, 0.717) is 13.0 Å². The summed E-state index contributed by atoms with van der Waals surface area (Å²) in [5.41, 5.74) is 0.933. The average molecular weight is 264 g/mol. The summed E-state index contributed by atoms with van der Waals surface area (Å²) in [7, 11) is 1.90. The average Bonchev–Trinajstić information content (AvgIpc) is 2.36. The van der Waals surface area contributed by atoms with Crippen LogP contribution in [0.25, 0.3) is 0 Å². The van der Waals surface area contributed by atoms with Crippen LogP contribution in [-0.4, -0.2) is 32.1 Å². The Kier molecular flexibility index (Phi) is 6.97. The maximum Gasteiger partial charge on any atom is 0.224 e. The van der Waals surface area contributed by atoms with Crippen LogP contribution in [0.2, 0.25) is 0 Å². The molecule has 0 aliphatic heterocycles. The number of carbonyl (C=O) groups excluding carboxylic acids is 1. The summed E-state index contributed by atoms with van der Waals surface area (Å²) >= 11 is 0. The van der Waals surface area contributed by atoms with Crippen molar-refractivity contribution in [1.82, 2.24) is 10.6 Å². The highest BCUT2D eigenvalue weighted by Gasteiger charge is 2.09. The van der Waals surface area contributed by atoms with E-state index in [1.165, 1.54) is 0 Å². The van der Waals surface area contributed by atoms with Crippen molar-refractivity contribution < 1.29 is 9.53 Å². The van der Waals surface area contributed by atoms with Crippen LogP contribution in [-0.2, 0) is 11.2 Å². The van der Waals surface area contributed by atoms with Gasteiger partial charge in [-0.2, -0.15) is 0 Å². The third-order valence-corrected chi connectivity index (χ3v) is 2.61. The molecule has 0 fully saturated rings. The molecule has 106 valence electrons. The van der Waals surface area contributed by atoms with Crippen molar-refractivity contribution in [2.75, 3.05) is 20.1 Å². The molecule has 0 unspecified atom stereocenters. The van der Waals surface area contributed by atoms with E-state index in [0.717, 1.165) is 24.3 Å². The lowest BCUT2D eigenvalue weighted by Gasteiger charge is -2.14. The summed E-state index contributed by atoms with van der Waals surface area (Å²) in [5.74, 6) is 0.832. The number of para-hydroxylation sites is 1. The fourth-order valence-corrected chi connectivity index (χ4v) is 1.75. The Morgan fingerprint density at radius 1 is 1.26 bits per heavy atom. The summed E-state index contributed by atoms with van der Waals surface area (Å²) < 4.78 is 5.70. The van der Waals surface area contributed by atoms with E-state index in [1.807, 2.05) is 45.2 Å². The first-order valence-corrected chi connectivity index (χ1v) is 6.79.